The van der Waals surface area contributed by atoms with Gasteiger partial charge in [0, 0.05) is 48.9 Å². The van der Waals surface area contributed by atoms with Crippen LogP contribution in [0.5, 0.6) is 0 Å². The summed E-state index contributed by atoms with van der Waals surface area (Å²) in [5, 5.41) is 167. The van der Waals surface area contributed by atoms with Crippen LogP contribution in [-0.4, -0.2) is 393 Å². The summed E-state index contributed by atoms with van der Waals surface area (Å²) in [6, 6.07) is -14.0. The van der Waals surface area contributed by atoms with Crippen LogP contribution >= 0.6 is 57.7 Å². The Labute approximate surface area is 808 Å². The van der Waals surface area contributed by atoms with Gasteiger partial charge >= 0.3 is 113 Å². The number of aliphatic carboxylic acids is 18. The minimum Gasteiger partial charge on any atom is -0.481 e. The first-order chi connectivity index (χ1) is 62.8. The Hall–Kier alpha value is -10.5. The fraction of sp³-hybridized carbons (Fsp3) is 0.696. The number of hydrogen-bond acceptors (Lipinski definition) is 45. The number of thiol groups is 1. The third kappa shape index (κ3) is 141. The predicted molar refractivity (Wildman–Crippen MR) is 506 cm³/mol. The molecule has 0 saturated carbocycles. The Morgan fingerprint density at radius 2 is 0.620 bits per heavy atom. The second-order valence-electron chi connectivity index (χ2n) is 26.3. The molecule has 68 heteroatoms. The molecule has 63 nitrogen and oxygen atoms in total. The highest BCUT2D eigenvalue weighted by molar-refractivity contribution is 8.76. The summed E-state index contributed by atoms with van der Waals surface area (Å²) in [5.74, 6) is -17.3. The van der Waals surface area contributed by atoms with E-state index in [4.69, 9.17) is 217 Å². The molecule has 808 valence electrons. The van der Waals surface area contributed by atoms with Crippen molar-refractivity contribution in [2.45, 2.75) is 214 Å². The second-order valence-corrected chi connectivity index (χ2v) is 31.4. The molecule has 0 saturated heterocycles. The van der Waals surface area contributed by atoms with Gasteiger partial charge in [-0.05, 0) is 114 Å². The zero-order chi connectivity index (χ0) is 111. The van der Waals surface area contributed by atoms with E-state index in [9.17, 15) is 95.9 Å². The molecule has 0 radical (unpaired) electrons. The van der Waals surface area contributed by atoms with Crippen molar-refractivity contribution in [3.63, 3.8) is 0 Å². The smallest absolute Gasteiger partial charge is 0.322 e. The van der Waals surface area contributed by atoms with E-state index in [1.807, 2.05) is 20.1 Å². The number of hydrogen-bond donors (Lipinski definition) is 44. The van der Waals surface area contributed by atoms with E-state index in [0.717, 1.165) is 25.0 Å². The van der Waals surface area contributed by atoms with Crippen LogP contribution in [0.1, 0.15) is 123 Å². The van der Waals surface area contributed by atoms with Gasteiger partial charge in [0.05, 0.1) is 19.6 Å². The number of thioether (sulfide) groups is 2. The molecule has 0 bridgehead atoms. The summed E-state index contributed by atoms with van der Waals surface area (Å²) < 4.78 is 0. The lowest BCUT2D eigenvalue weighted by Crippen LogP contribution is -2.36. The van der Waals surface area contributed by atoms with E-state index in [-0.39, 0.29) is 67.1 Å². The number of nitrogens with one attached hydrogen (secondary N) is 3. The van der Waals surface area contributed by atoms with Gasteiger partial charge in [-0.3, -0.25) is 96.5 Å². The van der Waals surface area contributed by atoms with Crippen LogP contribution in [0.15, 0.2) is 0 Å². The molecule has 0 spiro atoms. The van der Waals surface area contributed by atoms with Crippen molar-refractivity contribution < 1.29 is 193 Å². The predicted octanol–water partition coefficient (Wildman–Crippen LogP) is -11.6. The van der Waals surface area contributed by atoms with Crippen LogP contribution in [0, 0.1) is 11.3 Å². The van der Waals surface area contributed by atoms with Gasteiger partial charge in [0.15, 0.2) is 5.96 Å². The number of unbranched alkanes of at least 4 members (excludes halogenated alkanes) is 1. The van der Waals surface area contributed by atoms with Crippen LogP contribution in [0.2, 0.25) is 0 Å². The largest absolute Gasteiger partial charge is 0.481 e. The summed E-state index contributed by atoms with van der Waals surface area (Å²) in [6.45, 7) is 4.92. The number of nitrogens with two attached hydrogens (primary N) is 21. The van der Waals surface area contributed by atoms with Crippen LogP contribution in [0.4, 0.5) is 4.79 Å². The maximum atomic E-state index is 10.3. The Bertz CT molecular complexity index is 3160. The molecule has 0 aromatic heterocycles. The molecule has 16 atom stereocenters. The number of aliphatic hydroxyl groups is 1. The van der Waals surface area contributed by atoms with Crippen molar-refractivity contribution in [1.29, 1.82) is 5.41 Å². The molecule has 0 aliphatic heterocycles. The van der Waals surface area contributed by atoms with Crippen molar-refractivity contribution in [3.05, 3.63) is 0 Å². The van der Waals surface area contributed by atoms with E-state index in [1.54, 1.807) is 11.8 Å². The minimum atomic E-state index is -1.29. The molecule has 0 rings (SSSR count). The van der Waals surface area contributed by atoms with Crippen molar-refractivity contribution >= 4 is 183 Å². The van der Waals surface area contributed by atoms with E-state index >= 15 is 0 Å². The first kappa shape index (κ1) is 157. The van der Waals surface area contributed by atoms with E-state index in [1.165, 1.54) is 33.3 Å². The average Bonchev–Trinajstić information content (AvgIpc) is 0.968. The molecule has 0 aromatic rings. The number of rotatable bonds is 56. The summed E-state index contributed by atoms with van der Waals surface area (Å²) >= 11 is 6.54. The van der Waals surface area contributed by atoms with Gasteiger partial charge in [-0.25, -0.2) is 4.79 Å². The highest BCUT2D eigenvalue weighted by Crippen LogP contribution is 2.22. The fourth-order valence-electron chi connectivity index (χ4n) is 5.54. The highest BCUT2D eigenvalue weighted by atomic mass is 33.1. The molecule has 0 heterocycles. The van der Waals surface area contributed by atoms with Gasteiger partial charge < -0.3 is 228 Å². The standard InChI is InChI=1S/C7H14N2O4S.C6H14N4O2.C6H13N3O3.C6H12N2O4S2.C6H14N2O2.C6H13NO2.C5H10N2O3.C5H12N2O2.C5H9NO4.C5H11NO2S.C4H7NO4.C3H7NO3.C3H7NO2S.C2H5NO2/c8-4(6(10)11)1-2-14-3-5(9)7(12)13;7-4(5(11)12)2-1-3-10-6(8)9;7-4(5(10)11)2-1-3-9-6(8)12;7-3(5(9)10)1-13-14-2-4(8)6(11)12;7-4-2-1-3-5(8)6(9)10;1-3-4(2)5(7)6(8)9;6-3(5(9)10)1-2-4(7)8;6-3-1-2-4(7)5(8)9;6-3(5(9)10)1-2-4(7)8;1-9-3-2-4(6)5(7)8;5-2(4(8)9)1-3(6)7;4-2(1-5)3(6)7;4-2(1-7)3(5)6;3-1-2(4)5/h4-5H,1-3,8-9H2,(H,10,11)(H,12,13);4H,1-3,7H2,(H,11,12)(H4,8,9,10);4H,1-3,7H2,(H,10,11)(H3,8,9,12);3-4H,1-2,7-8H2,(H,9,10)(H,11,12);5H,1-4,7-8H2,(H,9,10);4-5H,3,7H2,1-2H3,(H,8,9);3H,1-2,6H2,(H2,7,8)(H,9,10);4H,1-3,6-7H2,(H,8,9);3H,1-2,6H2,(H,7,8)(H,9,10);4H,2-3,6H2,1H3,(H,7,8);2H,1,5H2,(H,6,7)(H,8,9);2,5H,1,4H2,(H,6,7);2,7H,1,4H2,(H,5,6);1,3H2,(H,4,5)/t4-,5?;2*4-;3-,4?;5-;4-,5-;3-;4-;3-;4-;3*2-;/m0000000000000./s1. The van der Waals surface area contributed by atoms with Crippen LogP contribution < -0.4 is 131 Å². The molecule has 0 aliphatic rings. The summed E-state index contributed by atoms with van der Waals surface area (Å²) in [6.07, 6.45) is 8.09. The Morgan fingerprint density at radius 1 is 0.336 bits per heavy atom. The van der Waals surface area contributed by atoms with E-state index < -0.39 is 223 Å². The van der Waals surface area contributed by atoms with Crippen molar-refractivity contribution in [3.8, 4) is 0 Å². The summed E-state index contributed by atoms with van der Waals surface area (Å²) in [7, 11) is 2.41. The lowest BCUT2D eigenvalue weighted by Gasteiger charge is -2.11. The van der Waals surface area contributed by atoms with Gasteiger partial charge in [0.2, 0.25) is 5.91 Å². The third-order valence-corrected chi connectivity index (χ3v) is 18.7. The summed E-state index contributed by atoms with van der Waals surface area (Å²) in [4.78, 5) is 200. The molecule has 0 aromatic carbocycles. The van der Waals surface area contributed by atoms with E-state index in [2.05, 4.69) is 29.0 Å². The number of primary amides is 2. The molecule has 64 N–H and O–H groups in total. The minimum absolute atomic E-state index is 0.0213. The fourth-order valence-corrected chi connectivity index (χ4v) is 9.40. The first-order valence-corrected chi connectivity index (χ1v) is 45.0. The molecular formula is C69H148N24O39S5. The van der Waals surface area contributed by atoms with Gasteiger partial charge in [0.1, 0.15) is 90.6 Å². The van der Waals surface area contributed by atoms with Gasteiger partial charge in [-0.15, -0.1) is 0 Å². The first-order valence-electron chi connectivity index (χ1n) is 39.3. The lowest BCUT2D eigenvalue weighted by molar-refractivity contribution is -0.144. The number of guanidine groups is 1. The van der Waals surface area contributed by atoms with Crippen molar-refractivity contribution in [1.82, 2.24) is 10.6 Å². The number of carboxylic acids is 18. The topological polar surface area (TPSA) is 1320 Å². The van der Waals surface area contributed by atoms with Crippen molar-refractivity contribution in [2.24, 2.45) is 126 Å². The molecule has 0 aliphatic carbocycles. The van der Waals surface area contributed by atoms with Crippen LogP contribution in [0.3, 0.4) is 0 Å². The molecule has 137 heavy (non-hydrogen) atoms. The second kappa shape index (κ2) is 106. The number of carbonyl (C=O) groups is 20. The normalized spacial score (nSPS) is 13.2. The maximum absolute atomic E-state index is 10.3. The van der Waals surface area contributed by atoms with Gasteiger partial charge in [-0.1, -0.05) is 48.3 Å². The van der Waals surface area contributed by atoms with E-state index in [0.29, 0.717) is 89.7 Å². The number of aliphatic hydroxyl groups excluding tert-OH is 1. The highest BCUT2D eigenvalue weighted by Gasteiger charge is 2.21. The Morgan fingerprint density at radius 3 is 0.839 bits per heavy atom. The molecule has 3 amide bonds. The Balaban J connectivity index is -0.0000000997. The number of amides is 3. The quantitative estimate of drug-likeness (QED) is 0.00884. The zero-order valence-corrected chi connectivity index (χ0v) is 79.8. The van der Waals surface area contributed by atoms with Gasteiger partial charge in [0.25, 0.3) is 0 Å². The maximum Gasteiger partial charge on any atom is 0.322 e. The molecule has 0 fully saturated rings. The zero-order valence-electron chi connectivity index (χ0n) is 75.6. The van der Waals surface area contributed by atoms with Crippen LogP contribution in [-0.2, 0) is 91.1 Å². The third-order valence-electron chi connectivity index (χ3n) is 14.1. The van der Waals surface area contributed by atoms with Crippen LogP contribution in [0.25, 0.3) is 0 Å². The number of urea groups is 1. The molecule has 2 unspecified atom stereocenters. The number of carboxylic acid groups (broad SMARTS) is 18. The number of carbonyl (C=O) groups excluding carboxylic acids is 2. The SMILES string of the molecule is CC[C@H](C)[C@H](N)C(=O)O.CSCC[C@H](N)C(=O)O.N=C(N)NCCC[C@H](N)C(=O)O.NC(=O)CC[C@H](N)C(=O)O.NC(=O)NCCC[C@H](N)C(=O)O.NC(CSCC[C@H](N)C(=O)O)C(=O)O.NC(CSSC[C@H](N)C(=O)O)C(=O)O.NCC(=O)O.NCCCC[C@H](N)C(=O)O.NCCC[C@H](N)C(=O)O.N[C@@H](CC(=O)O)C(=O)O.N[C@@H](CCC(=O)O)C(=O)O.N[C@@H](CO)C(=O)O.N[C@@H](CS)C(=O)O. The average molecular weight is 2100 g/mol. The van der Waals surface area contributed by atoms with Gasteiger partial charge in [-0.2, -0.15) is 36.2 Å². The summed E-state index contributed by atoms with van der Waals surface area (Å²) in [5.41, 5.74) is 106. The lowest BCUT2D eigenvalue weighted by atomic mass is 10.0. The molecular weight excluding hydrogens is 1950 g/mol. The van der Waals surface area contributed by atoms with Crippen molar-refractivity contribution in [2.75, 3.05) is 80.1 Å². The Kier molecular flexibility index (Phi) is 122. The monoisotopic (exact) mass is 2100 g/mol.